The van der Waals surface area contributed by atoms with E-state index in [-0.39, 0.29) is 43.6 Å². The van der Waals surface area contributed by atoms with E-state index in [4.69, 9.17) is 8.22 Å². The monoisotopic (exact) mass is 628 g/mol. The van der Waals surface area contributed by atoms with E-state index < -0.39 is 66.7 Å². The van der Waals surface area contributed by atoms with Gasteiger partial charge in [0, 0.05) is 14.6 Å². The molecule has 0 aromatic rings. The largest absolute Gasteiger partial charge is 0.429 e. The minimum absolute atomic E-state index is 0.0338. The van der Waals surface area contributed by atoms with Crippen LogP contribution in [0.4, 0.5) is 26.3 Å². The number of aliphatic hydroxyl groups excluding tert-OH is 2. The van der Waals surface area contributed by atoms with Gasteiger partial charge in [0.15, 0.2) is 0 Å². The van der Waals surface area contributed by atoms with E-state index in [0.29, 0.717) is 42.9 Å². The van der Waals surface area contributed by atoms with Crippen LogP contribution in [0.2, 0.25) is 0 Å². The Morgan fingerprint density at radius 1 is 1.02 bits per heavy atom. The zero-order valence-corrected chi connectivity index (χ0v) is 24.7. The van der Waals surface area contributed by atoms with Crippen molar-refractivity contribution in [3.8, 4) is 0 Å². The molecule has 0 aliphatic heterocycles. The summed E-state index contributed by atoms with van der Waals surface area (Å²) >= 11 is 0. The standard InChI is InChI=1S/C33H48F6O4/c1-21-23(19-24(40)20-26(21)41)11-10-22-9-6-17-30(5)25(22)12-13-27(30)29(4,15-7-14-28(2,3)42)16-8-18-31(43,32(34,35)36)33(37,38)39/h8,10-11,18,24-27,40-43H,1,6-7,9,12-17,19-20H2,2-5H3/b18-8+,22-10+,23-11-/t24-,25+,26+,27-,29+,30+/m1/s1/i2D3,3D3. The number of hydrogen-bond donors (Lipinski definition) is 4. The maximum Gasteiger partial charge on any atom is 0.429 e. The molecule has 0 aromatic heterocycles. The van der Waals surface area contributed by atoms with Crippen molar-refractivity contribution < 1.29 is 55.0 Å². The Bertz CT molecular complexity index is 1280. The molecule has 3 saturated carbocycles. The van der Waals surface area contributed by atoms with Crippen molar-refractivity contribution in [3.05, 3.63) is 47.6 Å². The molecular weight excluding hydrogens is 574 g/mol. The van der Waals surface area contributed by atoms with E-state index in [1.165, 1.54) is 0 Å². The average Bonchev–Trinajstić information content (AvgIpc) is 3.29. The molecule has 6 atom stereocenters. The zero-order valence-electron chi connectivity index (χ0n) is 30.7. The van der Waals surface area contributed by atoms with E-state index in [1.54, 1.807) is 6.92 Å². The molecule has 4 nitrogen and oxygen atoms in total. The SMILES string of the molecule is [2H]C([2H])([2H])C(O)(CCC[C@@](C)(C/C=C/C(O)(C(F)(F)F)C(F)(F)F)[C@H]1CC[C@H]2/C(=C/C=C3/C[C@@H](O)C[C@H](O)C3=C)CCC[C@]12C)C([2H])([2H])[2H]. The van der Waals surface area contributed by atoms with Crippen LogP contribution in [0.1, 0.15) is 106 Å². The molecule has 43 heavy (non-hydrogen) atoms. The van der Waals surface area contributed by atoms with Gasteiger partial charge >= 0.3 is 12.4 Å². The van der Waals surface area contributed by atoms with E-state index in [1.807, 2.05) is 19.1 Å². The van der Waals surface area contributed by atoms with Crippen molar-refractivity contribution in [1.82, 2.24) is 0 Å². The second-order valence-electron chi connectivity index (χ2n) is 13.3. The molecule has 0 radical (unpaired) electrons. The summed E-state index contributed by atoms with van der Waals surface area (Å²) in [7, 11) is 0. The van der Waals surface area contributed by atoms with E-state index in [2.05, 4.69) is 6.58 Å². The lowest BCUT2D eigenvalue weighted by molar-refractivity contribution is -0.347. The summed E-state index contributed by atoms with van der Waals surface area (Å²) in [5.41, 5.74) is -7.54. The highest BCUT2D eigenvalue weighted by molar-refractivity contribution is 5.38. The highest BCUT2D eigenvalue weighted by Gasteiger charge is 2.69. The summed E-state index contributed by atoms with van der Waals surface area (Å²) in [5, 5.41) is 41.0. The molecule has 246 valence electrons. The van der Waals surface area contributed by atoms with Crippen molar-refractivity contribution in [1.29, 1.82) is 0 Å². The Labute approximate surface area is 259 Å². The first-order valence-electron chi connectivity index (χ1n) is 17.7. The number of halogens is 6. The van der Waals surface area contributed by atoms with Crippen LogP contribution in [0.15, 0.2) is 47.6 Å². The summed E-state index contributed by atoms with van der Waals surface area (Å²) in [6, 6.07) is 0. The number of alkyl halides is 6. The summed E-state index contributed by atoms with van der Waals surface area (Å²) in [6.07, 6.45) is -7.24. The fraction of sp³-hybridized carbons (Fsp3) is 0.758. The minimum Gasteiger partial charge on any atom is -0.393 e. The van der Waals surface area contributed by atoms with Crippen LogP contribution in [0, 0.1) is 22.7 Å². The molecular formula is C33H48F6O4. The molecule has 10 heteroatoms. The second kappa shape index (κ2) is 12.6. The number of allylic oxidation sites excluding steroid dienone is 4. The fourth-order valence-corrected chi connectivity index (χ4v) is 7.86. The molecule has 0 bridgehead atoms. The molecule has 3 rings (SSSR count). The lowest BCUT2D eigenvalue weighted by Gasteiger charge is -2.49. The Morgan fingerprint density at radius 3 is 2.28 bits per heavy atom. The van der Waals surface area contributed by atoms with Gasteiger partial charge in [-0.3, -0.25) is 0 Å². The predicted molar refractivity (Wildman–Crippen MR) is 154 cm³/mol. The van der Waals surface area contributed by atoms with Gasteiger partial charge in [-0.05, 0) is 111 Å². The van der Waals surface area contributed by atoms with Gasteiger partial charge in [-0.25, -0.2) is 0 Å². The Balaban J connectivity index is 2.01. The summed E-state index contributed by atoms with van der Waals surface area (Å²) in [4.78, 5) is 0. The third kappa shape index (κ3) is 7.79. The van der Waals surface area contributed by atoms with Gasteiger partial charge in [-0.1, -0.05) is 50.6 Å². The van der Waals surface area contributed by atoms with Crippen molar-refractivity contribution in [2.75, 3.05) is 0 Å². The number of aliphatic hydroxyl groups is 4. The van der Waals surface area contributed by atoms with Crippen LogP contribution in [-0.4, -0.2) is 56.2 Å². The van der Waals surface area contributed by atoms with E-state index in [0.717, 1.165) is 18.4 Å². The van der Waals surface area contributed by atoms with Gasteiger partial charge in [0.25, 0.3) is 5.60 Å². The van der Waals surface area contributed by atoms with Crippen LogP contribution in [0.3, 0.4) is 0 Å². The third-order valence-electron chi connectivity index (χ3n) is 10.2. The third-order valence-corrected chi connectivity index (χ3v) is 10.2. The summed E-state index contributed by atoms with van der Waals surface area (Å²) in [6.45, 7) is 1.00. The average molecular weight is 629 g/mol. The number of hydrogen-bond acceptors (Lipinski definition) is 4. The quantitative estimate of drug-likeness (QED) is 0.155. The van der Waals surface area contributed by atoms with Crippen molar-refractivity contribution in [2.24, 2.45) is 22.7 Å². The molecule has 0 aromatic carbocycles. The van der Waals surface area contributed by atoms with Gasteiger partial charge in [-0.2, -0.15) is 26.3 Å². The lowest BCUT2D eigenvalue weighted by Crippen LogP contribution is -2.55. The van der Waals surface area contributed by atoms with Crippen LogP contribution in [0.5, 0.6) is 0 Å². The molecule has 4 N–H and O–H groups in total. The minimum atomic E-state index is -6.06. The molecule has 3 aliphatic carbocycles. The van der Waals surface area contributed by atoms with Crippen molar-refractivity contribution in [3.63, 3.8) is 0 Å². The highest BCUT2D eigenvalue weighted by atomic mass is 19.4. The normalized spacial score (nSPS) is 35.6. The summed E-state index contributed by atoms with van der Waals surface area (Å²) in [5.74, 6) is -0.375. The Kier molecular flexibility index (Phi) is 8.14. The van der Waals surface area contributed by atoms with E-state index in [9.17, 15) is 46.8 Å². The Hall–Kier alpha value is -1.62. The predicted octanol–water partition coefficient (Wildman–Crippen LogP) is 7.88. The van der Waals surface area contributed by atoms with E-state index >= 15 is 0 Å². The zero-order chi connectivity index (χ0) is 37.6. The summed E-state index contributed by atoms with van der Waals surface area (Å²) < 4.78 is 127. The molecule has 0 saturated heterocycles. The van der Waals surface area contributed by atoms with Crippen LogP contribution >= 0.6 is 0 Å². The molecule has 0 unspecified atom stereocenters. The highest BCUT2D eigenvalue weighted by Crippen LogP contribution is 2.64. The van der Waals surface area contributed by atoms with Gasteiger partial charge < -0.3 is 20.4 Å². The van der Waals surface area contributed by atoms with Crippen molar-refractivity contribution >= 4 is 0 Å². The van der Waals surface area contributed by atoms with Crippen LogP contribution < -0.4 is 0 Å². The maximum absolute atomic E-state index is 13.5. The Morgan fingerprint density at radius 2 is 1.67 bits per heavy atom. The van der Waals surface area contributed by atoms with Gasteiger partial charge in [0.05, 0.1) is 17.8 Å². The topological polar surface area (TPSA) is 80.9 Å². The molecule has 0 heterocycles. The molecule has 3 aliphatic rings. The van der Waals surface area contributed by atoms with Gasteiger partial charge in [0.1, 0.15) is 0 Å². The first-order chi connectivity index (χ1) is 22.0. The number of fused-ring (bicyclic) bond motifs is 1. The van der Waals surface area contributed by atoms with Crippen LogP contribution in [-0.2, 0) is 0 Å². The molecule has 0 spiro atoms. The first-order valence-corrected chi connectivity index (χ1v) is 14.7. The second-order valence-corrected chi connectivity index (χ2v) is 13.3. The molecule has 3 fully saturated rings. The number of rotatable bonds is 9. The van der Waals surface area contributed by atoms with Gasteiger partial charge in [-0.15, -0.1) is 0 Å². The smallest absolute Gasteiger partial charge is 0.393 e. The maximum atomic E-state index is 13.5. The first kappa shape index (κ1) is 27.7. The van der Waals surface area contributed by atoms with Gasteiger partial charge in [0.2, 0.25) is 0 Å². The lowest BCUT2D eigenvalue weighted by atomic mass is 9.55. The van der Waals surface area contributed by atoms with Crippen molar-refractivity contribution in [2.45, 2.75) is 134 Å². The van der Waals surface area contributed by atoms with Crippen LogP contribution in [0.25, 0.3) is 0 Å². The molecule has 0 amide bonds. The fourth-order valence-electron chi connectivity index (χ4n) is 7.86.